The Morgan fingerprint density at radius 1 is 0.897 bits per heavy atom. The van der Waals surface area contributed by atoms with Crippen molar-refractivity contribution in [1.29, 1.82) is 0 Å². The normalized spacial score (nSPS) is 13.8. The van der Waals surface area contributed by atoms with E-state index in [1.165, 1.54) is 0 Å². The van der Waals surface area contributed by atoms with Gasteiger partial charge in [-0.3, -0.25) is 14.4 Å². The summed E-state index contributed by atoms with van der Waals surface area (Å²) in [6.45, 7) is 12.4. The molecule has 212 valence electrons. The number of carbonyl (C=O) groups is 3. The number of rotatable bonds is 12. The summed E-state index contributed by atoms with van der Waals surface area (Å²) in [6.07, 6.45) is 2.49. The Bertz CT molecular complexity index is 1120. The topological polar surface area (TPSA) is 90.5 Å². The molecule has 2 aromatic carbocycles. The van der Waals surface area contributed by atoms with E-state index in [1.807, 2.05) is 95.3 Å². The maximum Gasteiger partial charge on any atom is 0.246 e. The highest BCUT2D eigenvalue weighted by molar-refractivity contribution is 5.93. The van der Waals surface area contributed by atoms with Crippen molar-refractivity contribution >= 4 is 17.7 Å². The van der Waals surface area contributed by atoms with Crippen LogP contribution in [-0.4, -0.2) is 61.9 Å². The van der Waals surface area contributed by atoms with Crippen LogP contribution in [0.25, 0.3) is 0 Å². The number of likely N-dealkylation sites (N-methyl/N-ethyl adjacent to an activating group) is 2. The van der Waals surface area contributed by atoms with Gasteiger partial charge in [0.05, 0.1) is 6.04 Å². The summed E-state index contributed by atoms with van der Waals surface area (Å²) >= 11 is 0. The molecule has 0 saturated heterocycles. The van der Waals surface area contributed by atoms with Crippen LogP contribution < -0.4 is 16.0 Å². The van der Waals surface area contributed by atoms with Gasteiger partial charge < -0.3 is 20.9 Å². The molecule has 3 N–H and O–H groups in total. The molecule has 3 amide bonds. The first-order valence-electron chi connectivity index (χ1n) is 13.6. The molecule has 0 aliphatic carbocycles. The number of hydrogen-bond acceptors (Lipinski definition) is 4. The lowest BCUT2D eigenvalue weighted by Gasteiger charge is -2.38. The van der Waals surface area contributed by atoms with E-state index in [4.69, 9.17) is 0 Å². The molecule has 0 saturated carbocycles. The van der Waals surface area contributed by atoms with Gasteiger partial charge in [-0.25, -0.2) is 0 Å². The molecule has 2 aromatic rings. The zero-order valence-electron chi connectivity index (χ0n) is 24.8. The number of benzene rings is 2. The molecule has 0 aliphatic rings. The van der Waals surface area contributed by atoms with E-state index in [2.05, 4.69) is 16.0 Å². The summed E-state index contributed by atoms with van der Waals surface area (Å²) in [7, 11) is 3.45. The minimum Gasteiger partial charge on any atom is -0.352 e. The zero-order valence-corrected chi connectivity index (χ0v) is 24.8. The van der Waals surface area contributed by atoms with Crippen molar-refractivity contribution in [3.63, 3.8) is 0 Å². The van der Waals surface area contributed by atoms with Crippen molar-refractivity contribution in [3.05, 3.63) is 83.4 Å². The zero-order chi connectivity index (χ0) is 29.2. The van der Waals surface area contributed by atoms with Crippen molar-refractivity contribution in [1.82, 2.24) is 20.9 Å². The second-order valence-corrected chi connectivity index (χ2v) is 11.7. The van der Waals surface area contributed by atoms with Gasteiger partial charge in [-0.2, -0.15) is 0 Å². The number of nitrogens with one attached hydrogen (secondary N) is 3. The van der Waals surface area contributed by atoms with Gasteiger partial charge in [-0.05, 0) is 36.9 Å². The third-order valence-corrected chi connectivity index (χ3v) is 7.14. The van der Waals surface area contributed by atoms with Crippen LogP contribution in [0.5, 0.6) is 0 Å². The Morgan fingerprint density at radius 2 is 1.46 bits per heavy atom. The van der Waals surface area contributed by atoms with E-state index >= 15 is 0 Å². The first kappa shape index (κ1) is 31.8. The number of nitrogens with zero attached hydrogens (tertiary/aromatic N) is 1. The van der Waals surface area contributed by atoms with Crippen LogP contribution >= 0.6 is 0 Å². The van der Waals surface area contributed by atoms with Crippen molar-refractivity contribution < 1.29 is 14.4 Å². The van der Waals surface area contributed by atoms with Gasteiger partial charge in [0.15, 0.2) is 0 Å². The van der Waals surface area contributed by atoms with Crippen LogP contribution in [0.15, 0.2) is 72.3 Å². The fraction of sp³-hybridized carbons (Fsp3) is 0.469. The number of amides is 3. The van der Waals surface area contributed by atoms with Crippen LogP contribution in [0.2, 0.25) is 0 Å². The average molecular weight is 535 g/mol. The van der Waals surface area contributed by atoms with Gasteiger partial charge in [0.2, 0.25) is 17.7 Å². The fourth-order valence-electron chi connectivity index (χ4n) is 4.51. The maximum absolute atomic E-state index is 13.5. The SMILES string of the molecule is CN[C@H](C(=O)NC(C(=O)N(C)C/C=C(\C)C(=O)NCCc1ccccc1)C(C)(C)C)C(C)(C)c1ccccc1. The first-order chi connectivity index (χ1) is 18.3. The second-order valence-electron chi connectivity index (χ2n) is 11.7. The lowest BCUT2D eigenvalue weighted by atomic mass is 9.76. The van der Waals surface area contributed by atoms with Crippen LogP contribution in [0.4, 0.5) is 0 Å². The highest BCUT2D eigenvalue weighted by Crippen LogP contribution is 2.28. The maximum atomic E-state index is 13.5. The highest BCUT2D eigenvalue weighted by Gasteiger charge is 2.40. The molecule has 2 rings (SSSR count). The first-order valence-corrected chi connectivity index (χ1v) is 13.6. The van der Waals surface area contributed by atoms with Crippen molar-refractivity contribution in [2.45, 2.75) is 65.5 Å². The molecule has 39 heavy (non-hydrogen) atoms. The van der Waals surface area contributed by atoms with Gasteiger partial charge >= 0.3 is 0 Å². The Balaban J connectivity index is 2.05. The third-order valence-electron chi connectivity index (χ3n) is 7.14. The molecule has 0 fully saturated rings. The largest absolute Gasteiger partial charge is 0.352 e. The molecule has 0 heterocycles. The molecular weight excluding hydrogens is 488 g/mol. The van der Waals surface area contributed by atoms with Crippen LogP contribution in [0.1, 0.15) is 52.7 Å². The summed E-state index contributed by atoms with van der Waals surface area (Å²) in [4.78, 5) is 41.1. The smallest absolute Gasteiger partial charge is 0.246 e. The van der Waals surface area contributed by atoms with Gasteiger partial charge in [0.1, 0.15) is 6.04 Å². The Kier molecular flexibility index (Phi) is 11.5. The van der Waals surface area contributed by atoms with E-state index < -0.39 is 22.9 Å². The highest BCUT2D eigenvalue weighted by atomic mass is 16.2. The summed E-state index contributed by atoms with van der Waals surface area (Å²) in [5.74, 6) is -0.609. The molecule has 0 aromatic heterocycles. The molecule has 0 bridgehead atoms. The predicted octanol–water partition coefficient (Wildman–Crippen LogP) is 3.85. The molecule has 0 radical (unpaired) electrons. The monoisotopic (exact) mass is 534 g/mol. The quantitative estimate of drug-likeness (QED) is 0.361. The van der Waals surface area contributed by atoms with Gasteiger partial charge in [-0.15, -0.1) is 0 Å². The Hall–Kier alpha value is -3.45. The van der Waals surface area contributed by atoms with Gasteiger partial charge in [0, 0.05) is 31.1 Å². The van der Waals surface area contributed by atoms with Gasteiger partial charge in [0.25, 0.3) is 0 Å². The number of hydrogen-bond donors (Lipinski definition) is 3. The van der Waals surface area contributed by atoms with Crippen LogP contribution in [-0.2, 0) is 26.2 Å². The number of carbonyl (C=O) groups excluding carboxylic acids is 3. The lowest BCUT2D eigenvalue weighted by Crippen LogP contribution is -2.60. The van der Waals surface area contributed by atoms with Gasteiger partial charge in [-0.1, -0.05) is 101 Å². The third kappa shape index (κ3) is 9.06. The summed E-state index contributed by atoms with van der Waals surface area (Å²) in [5.41, 5.74) is 1.69. The summed E-state index contributed by atoms with van der Waals surface area (Å²) in [6, 6.07) is 18.5. The molecule has 7 nitrogen and oxygen atoms in total. The van der Waals surface area contributed by atoms with Crippen molar-refractivity contribution in [2.75, 3.05) is 27.2 Å². The Morgan fingerprint density at radius 3 is 2.00 bits per heavy atom. The van der Waals surface area contributed by atoms with E-state index in [0.29, 0.717) is 12.1 Å². The predicted molar refractivity (Wildman–Crippen MR) is 158 cm³/mol. The molecule has 1 unspecified atom stereocenters. The molecule has 0 aliphatic heterocycles. The standard InChI is InChI=1S/C32H46N4O3/c1-23(28(37)34-21-19-24-15-11-9-12-16-24)20-22-36(8)30(39)27(31(2,3)4)35-29(38)26(33-7)32(5,6)25-17-13-10-14-18-25/h9-18,20,26-27,33H,19,21-22H2,1-8H3,(H,34,37)(H,35,38)/b23-20+/t26-,27?/m1/s1. The molecule has 2 atom stereocenters. The molecule has 0 spiro atoms. The second kappa shape index (κ2) is 14.1. The Labute approximate surface area is 234 Å². The molecular formula is C32H46N4O3. The minimum atomic E-state index is -0.745. The van der Waals surface area contributed by atoms with E-state index in [0.717, 1.165) is 17.5 Å². The average Bonchev–Trinajstić information content (AvgIpc) is 2.90. The summed E-state index contributed by atoms with van der Waals surface area (Å²) in [5, 5.41) is 9.11. The minimum absolute atomic E-state index is 0.160. The van der Waals surface area contributed by atoms with Crippen molar-refractivity contribution in [3.8, 4) is 0 Å². The van der Waals surface area contributed by atoms with Crippen LogP contribution in [0.3, 0.4) is 0 Å². The van der Waals surface area contributed by atoms with Crippen molar-refractivity contribution in [2.24, 2.45) is 5.41 Å². The molecule has 7 heteroatoms. The van der Waals surface area contributed by atoms with E-state index in [1.54, 1.807) is 32.0 Å². The summed E-state index contributed by atoms with van der Waals surface area (Å²) < 4.78 is 0. The van der Waals surface area contributed by atoms with E-state index in [-0.39, 0.29) is 24.3 Å². The van der Waals surface area contributed by atoms with E-state index in [9.17, 15) is 14.4 Å². The fourth-order valence-corrected chi connectivity index (χ4v) is 4.51. The van der Waals surface area contributed by atoms with Crippen LogP contribution in [0, 0.1) is 5.41 Å². The lowest BCUT2D eigenvalue weighted by molar-refractivity contribution is -0.139.